The zero-order chi connectivity index (χ0) is 12.4. The molecule has 18 heavy (non-hydrogen) atoms. The lowest BCUT2D eigenvalue weighted by Gasteiger charge is -2.38. The average Bonchev–Trinajstić information content (AvgIpc) is 2.77. The van der Waals surface area contributed by atoms with Crippen LogP contribution < -0.4 is 5.32 Å². The Labute approximate surface area is 112 Å². The molecule has 2 fully saturated rings. The largest absolute Gasteiger partial charge is 0.374 e. The molecule has 3 rings (SSSR count). The minimum Gasteiger partial charge on any atom is -0.374 e. The normalized spacial score (nSPS) is 31.7. The summed E-state index contributed by atoms with van der Waals surface area (Å²) in [6.07, 6.45) is 5.12. The summed E-state index contributed by atoms with van der Waals surface area (Å²) in [5.74, 6) is 3.12. The van der Waals surface area contributed by atoms with Gasteiger partial charge in [0, 0.05) is 30.3 Å². The molecular weight excluding hydrogens is 246 g/mol. The molecule has 0 unspecified atom stereocenters. The van der Waals surface area contributed by atoms with Gasteiger partial charge in [-0.15, -0.1) is 0 Å². The monoisotopic (exact) mass is 265 g/mol. The fraction of sp³-hybridized carbons (Fsp3) is 0.692. The van der Waals surface area contributed by atoms with Crippen LogP contribution in [0.2, 0.25) is 0 Å². The minimum absolute atomic E-state index is 0.115. The van der Waals surface area contributed by atoms with Crippen LogP contribution in [0.15, 0.2) is 12.3 Å². The molecule has 0 radical (unpaired) electrons. The average molecular weight is 265 g/mol. The lowest BCUT2D eigenvalue weighted by Crippen LogP contribution is -2.44. The summed E-state index contributed by atoms with van der Waals surface area (Å²) in [7, 11) is 0. The van der Waals surface area contributed by atoms with E-state index in [9.17, 15) is 0 Å². The summed E-state index contributed by atoms with van der Waals surface area (Å²) in [4.78, 5) is 8.69. The Hall–Kier alpha value is -0.810. The highest BCUT2D eigenvalue weighted by molar-refractivity contribution is 7.99. The first-order valence-electron chi connectivity index (χ1n) is 6.54. The molecule has 2 aliphatic rings. The third-order valence-electron chi connectivity index (χ3n) is 3.69. The standard InChI is InChI=1S/C13H19N3OS/c1-10-2-5-14-12(15-10)16-11-3-6-17-13(8-11)4-7-18-9-13/h2,5,11H,3-4,6-9H2,1H3,(H,14,15,16)/t11-,13+/m0/s1. The van der Waals surface area contributed by atoms with Gasteiger partial charge in [0.15, 0.2) is 0 Å². The number of aromatic nitrogens is 2. The van der Waals surface area contributed by atoms with Crippen molar-refractivity contribution in [2.75, 3.05) is 23.4 Å². The molecule has 2 atom stereocenters. The molecule has 1 spiro atoms. The number of hydrogen-bond donors (Lipinski definition) is 1. The Kier molecular flexibility index (Phi) is 3.43. The predicted octanol–water partition coefficient (Wildman–Crippen LogP) is 2.25. The molecule has 98 valence electrons. The first-order chi connectivity index (χ1) is 8.76. The fourth-order valence-electron chi connectivity index (χ4n) is 2.72. The van der Waals surface area contributed by atoms with Crippen LogP contribution in [0.3, 0.4) is 0 Å². The number of ether oxygens (including phenoxy) is 1. The van der Waals surface area contributed by atoms with Gasteiger partial charge in [-0.1, -0.05) is 0 Å². The van der Waals surface area contributed by atoms with Gasteiger partial charge in [-0.3, -0.25) is 0 Å². The number of anilines is 1. The van der Waals surface area contributed by atoms with E-state index in [2.05, 4.69) is 15.3 Å². The van der Waals surface area contributed by atoms with Crippen molar-refractivity contribution in [2.45, 2.75) is 37.8 Å². The number of aryl methyl sites for hydroxylation is 1. The van der Waals surface area contributed by atoms with Crippen LogP contribution in [0.4, 0.5) is 5.95 Å². The molecule has 3 heterocycles. The van der Waals surface area contributed by atoms with E-state index in [0.29, 0.717) is 6.04 Å². The first-order valence-corrected chi connectivity index (χ1v) is 7.69. The van der Waals surface area contributed by atoms with Gasteiger partial charge in [0.2, 0.25) is 5.95 Å². The summed E-state index contributed by atoms with van der Waals surface area (Å²) < 4.78 is 6.02. The molecular formula is C13H19N3OS. The quantitative estimate of drug-likeness (QED) is 0.888. The van der Waals surface area contributed by atoms with E-state index in [1.807, 2.05) is 30.9 Å². The van der Waals surface area contributed by atoms with Crippen molar-refractivity contribution in [3.8, 4) is 0 Å². The molecule has 2 aliphatic heterocycles. The van der Waals surface area contributed by atoms with Crippen LogP contribution in [0.1, 0.15) is 25.0 Å². The Bertz CT molecular complexity index is 420. The third-order valence-corrected chi connectivity index (χ3v) is 4.91. The second-order valence-electron chi connectivity index (χ2n) is 5.19. The number of nitrogens with zero attached hydrogens (tertiary/aromatic N) is 2. The van der Waals surface area contributed by atoms with Crippen LogP contribution in [-0.4, -0.2) is 39.7 Å². The molecule has 1 aromatic heterocycles. The highest BCUT2D eigenvalue weighted by Gasteiger charge is 2.40. The van der Waals surface area contributed by atoms with Crippen molar-refractivity contribution in [2.24, 2.45) is 0 Å². The SMILES string of the molecule is Cc1ccnc(N[C@H]2CCO[C@]3(CCSC3)C2)n1. The van der Waals surface area contributed by atoms with E-state index in [4.69, 9.17) is 4.74 Å². The van der Waals surface area contributed by atoms with Gasteiger partial charge in [0.05, 0.1) is 5.60 Å². The lowest BCUT2D eigenvalue weighted by atomic mass is 9.90. The van der Waals surface area contributed by atoms with Crippen LogP contribution >= 0.6 is 11.8 Å². The lowest BCUT2D eigenvalue weighted by molar-refractivity contribution is -0.0628. The van der Waals surface area contributed by atoms with Crippen molar-refractivity contribution in [3.05, 3.63) is 18.0 Å². The number of thioether (sulfide) groups is 1. The Morgan fingerprint density at radius 2 is 2.50 bits per heavy atom. The van der Waals surface area contributed by atoms with Gasteiger partial charge >= 0.3 is 0 Å². The molecule has 0 aliphatic carbocycles. The summed E-state index contributed by atoms with van der Waals surface area (Å²) in [5.41, 5.74) is 1.12. The second-order valence-corrected chi connectivity index (χ2v) is 6.29. The van der Waals surface area contributed by atoms with Crippen molar-refractivity contribution in [3.63, 3.8) is 0 Å². The molecule has 2 saturated heterocycles. The molecule has 0 aromatic carbocycles. The van der Waals surface area contributed by atoms with E-state index < -0.39 is 0 Å². The topological polar surface area (TPSA) is 47.0 Å². The molecule has 4 nitrogen and oxygen atoms in total. The Morgan fingerprint density at radius 3 is 3.28 bits per heavy atom. The van der Waals surface area contributed by atoms with Crippen LogP contribution in [0.5, 0.6) is 0 Å². The summed E-state index contributed by atoms with van der Waals surface area (Å²) in [6, 6.07) is 2.36. The molecule has 0 amide bonds. The van der Waals surface area contributed by atoms with Crippen LogP contribution in [0, 0.1) is 6.92 Å². The van der Waals surface area contributed by atoms with E-state index in [0.717, 1.165) is 36.8 Å². The van der Waals surface area contributed by atoms with Gasteiger partial charge in [0.25, 0.3) is 0 Å². The summed E-state index contributed by atoms with van der Waals surface area (Å²) in [5, 5.41) is 3.46. The van der Waals surface area contributed by atoms with Gasteiger partial charge in [-0.2, -0.15) is 11.8 Å². The zero-order valence-corrected chi connectivity index (χ0v) is 11.5. The van der Waals surface area contributed by atoms with Crippen molar-refractivity contribution >= 4 is 17.7 Å². The zero-order valence-electron chi connectivity index (χ0n) is 10.7. The summed E-state index contributed by atoms with van der Waals surface area (Å²) in [6.45, 7) is 2.84. The van der Waals surface area contributed by atoms with Crippen molar-refractivity contribution in [1.29, 1.82) is 0 Å². The second kappa shape index (κ2) is 5.05. The maximum Gasteiger partial charge on any atom is 0.223 e. The smallest absolute Gasteiger partial charge is 0.223 e. The number of nitrogens with one attached hydrogen (secondary N) is 1. The van der Waals surface area contributed by atoms with Crippen molar-refractivity contribution < 1.29 is 4.74 Å². The van der Waals surface area contributed by atoms with Gasteiger partial charge in [-0.05, 0) is 38.0 Å². The molecule has 1 N–H and O–H groups in total. The van der Waals surface area contributed by atoms with Crippen LogP contribution in [-0.2, 0) is 4.74 Å². The van der Waals surface area contributed by atoms with E-state index in [1.165, 1.54) is 12.2 Å². The van der Waals surface area contributed by atoms with E-state index >= 15 is 0 Å². The minimum atomic E-state index is 0.115. The Morgan fingerprint density at radius 1 is 1.56 bits per heavy atom. The van der Waals surface area contributed by atoms with E-state index in [-0.39, 0.29) is 5.60 Å². The molecule has 5 heteroatoms. The summed E-state index contributed by atoms with van der Waals surface area (Å²) >= 11 is 2.01. The molecule has 0 saturated carbocycles. The maximum absolute atomic E-state index is 6.02. The van der Waals surface area contributed by atoms with Gasteiger partial charge in [0.1, 0.15) is 0 Å². The first kappa shape index (κ1) is 12.2. The van der Waals surface area contributed by atoms with Gasteiger partial charge in [-0.25, -0.2) is 9.97 Å². The van der Waals surface area contributed by atoms with Gasteiger partial charge < -0.3 is 10.1 Å². The predicted molar refractivity (Wildman–Crippen MR) is 74.0 cm³/mol. The highest BCUT2D eigenvalue weighted by atomic mass is 32.2. The van der Waals surface area contributed by atoms with Crippen LogP contribution in [0.25, 0.3) is 0 Å². The highest BCUT2D eigenvalue weighted by Crippen LogP contribution is 2.38. The third kappa shape index (κ3) is 2.62. The van der Waals surface area contributed by atoms with E-state index in [1.54, 1.807) is 0 Å². The fourth-order valence-corrected chi connectivity index (χ4v) is 4.09. The molecule has 0 bridgehead atoms. The maximum atomic E-state index is 6.02. The number of rotatable bonds is 2. The van der Waals surface area contributed by atoms with Crippen molar-refractivity contribution in [1.82, 2.24) is 9.97 Å². The number of hydrogen-bond acceptors (Lipinski definition) is 5. The molecule has 1 aromatic rings. The Balaban J connectivity index is 1.66.